The molecule has 7 heteroatoms. The summed E-state index contributed by atoms with van der Waals surface area (Å²) in [6.45, 7) is 4.19. The molecule has 0 bridgehead atoms. The Morgan fingerprint density at radius 3 is 2.47 bits per heavy atom. The first kappa shape index (κ1) is 20.3. The molecule has 6 rings (SSSR count). The quantitative estimate of drug-likeness (QED) is 0.501. The summed E-state index contributed by atoms with van der Waals surface area (Å²) >= 11 is 0. The topological polar surface area (TPSA) is 79.7 Å². The highest BCUT2D eigenvalue weighted by atomic mass is 16.7. The molecule has 0 aliphatic carbocycles. The number of rotatable bonds is 4. The second kappa shape index (κ2) is 8.23. The molecule has 4 aromatic rings. The van der Waals surface area contributed by atoms with E-state index >= 15 is 0 Å². The number of nitrogen functional groups attached to an aromatic ring is 1. The van der Waals surface area contributed by atoms with E-state index in [9.17, 15) is 5.26 Å². The van der Waals surface area contributed by atoms with E-state index in [0.717, 1.165) is 49.2 Å². The summed E-state index contributed by atoms with van der Waals surface area (Å²) in [5, 5.41) is 12.2. The lowest BCUT2D eigenvalue weighted by molar-refractivity contribution is 0.174. The Morgan fingerprint density at radius 1 is 0.853 bits per heavy atom. The third kappa shape index (κ3) is 3.44. The number of fused-ring (bicyclic) bond motifs is 2. The monoisotopic (exact) mass is 451 g/mol. The van der Waals surface area contributed by atoms with Crippen LogP contribution in [-0.4, -0.2) is 37.5 Å². The summed E-state index contributed by atoms with van der Waals surface area (Å²) in [4.78, 5) is 4.64. The molecule has 1 saturated heterocycles. The minimum atomic E-state index is 0.279. The van der Waals surface area contributed by atoms with Crippen molar-refractivity contribution in [3.05, 3.63) is 78.0 Å². The normalized spacial score (nSPS) is 15.0. The Balaban J connectivity index is 1.27. The maximum Gasteiger partial charge on any atom is 0.231 e. The van der Waals surface area contributed by atoms with Gasteiger partial charge in [-0.2, -0.15) is 5.26 Å². The van der Waals surface area contributed by atoms with Gasteiger partial charge in [0.1, 0.15) is 17.6 Å². The standard InChI is InChI=1S/C27H25N5O2/c28-16-22-14-24(29)27(32(22)17-20-6-3-5-19-4-1-2-7-23(19)20)31-12-10-30(11-13-31)21-8-9-25-26(15-21)34-18-33-25/h1-9,14-15H,10-13,17-18,29H2. The zero-order valence-electron chi connectivity index (χ0n) is 18.8. The average molecular weight is 452 g/mol. The minimum absolute atomic E-state index is 0.279. The third-order valence-electron chi connectivity index (χ3n) is 6.72. The molecule has 7 nitrogen and oxygen atoms in total. The van der Waals surface area contributed by atoms with Crippen LogP contribution < -0.4 is 25.0 Å². The summed E-state index contributed by atoms with van der Waals surface area (Å²) in [5.41, 5.74) is 9.99. The van der Waals surface area contributed by atoms with Crippen LogP contribution in [0.15, 0.2) is 66.7 Å². The van der Waals surface area contributed by atoms with Crippen molar-refractivity contribution in [2.75, 3.05) is 48.5 Å². The van der Waals surface area contributed by atoms with E-state index in [-0.39, 0.29) is 6.79 Å². The number of hydrogen-bond donors (Lipinski definition) is 1. The van der Waals surface area contributed by atoms with Crippen molar-refractivity contribution in [2.24, 2.45) is 0 Å². The van der Waals surface area contributed by atoms with E-state index in [1.165, 1.54) is 16.3 Å². The number of ether oxygens (including phenoxy) is 2. The summed E-state index contributed by atoms with van der Waals surface area (Å²) in [6.07, 6.45) is 0. The second-order valence-electron chi connectivity index (χ2n) is 8.66. The van der Waals surface area contributed by atoms with Crippen molar-refractivity contribution in [2.45, 2.75) is 6.54 Å². The maximum atomic E-state index is 9.84. The number of piperazine rings is 1. The van der Waals surface area contributed by atoms with Crippen molar-refractivity contribution >= 4 is 28.0 Å². The van der Waals surface area contributed by atoms with Gasteiger partial charge in [-0.25, -0.2) is 0 Å². The molecule has 1 aromatic heterocycles. The second-order valence-corrected chi connectivity index (χ2v) is 8.66. The van der Waals surface area contributed by atoms with Crippen LogP contribution >= 0.6 is 0 Å². The highest BCUT2D eigenvalue weighted by Gasteiger charge is 2.25. The van der Waals surface area contributed by atoms with E-state index in [2.05, 4.69) is 62.9 Å². The lowest BCUT2D eigenvalue weighted by Crippen LogP contribution is -2.47. The fourth-order valence-corrected chi connectivity index (χ4v) is 5.02. The zero-order valence-corrected chi connectivity index (χ0v) is 18.8. The molecule has 0 unspecified atom stereocenters. The fourth-order valence-electron chi connectivity index (χ4n) is 5.02. The maximum absolute atomic E-state index is 9.84. The fraction of sp³-hybridized carbons (Fsp3) is 0.222. The lowest BCUT2D eigenvalue weighted by Gasteiger charge is -2.38. The molecule has 2 aliphatic rings. The summed E-state index contributed by atoms with van der Waals surface area (Å²) in [7, 11) is 0. The molecule has 1 fully saturated rings. The molecule has 2 aliphatic heterocycles. The molecule has 3 aromatic carbocycles. The number of aromatic nitrogens is 1. The molecule has 34 heavy (non-hydrogen) atoms. The van der Waals surface area contributed by atoms with Gasteiger partial charge in [0.15, 0.2) is 11.5 Å². The van der Waals surface area contributed by atoms with Crippen LogP contribution in [0.4, 0.5) is 17.2 Å². The predicted molar refractivity (Wildman–Crippen MR) is 134 cm³/mol. The molecular formula is C27H25N5O2. The first-order chi connectivity index (χ1) is 16.7. The number of anilines is 3. The van der Waals surface area contributed by atoms with E-state index < -0.39 is 0 Å². The van der Waals surface area contributed by atoms with Gasteiger partial charge in [0, 0.05) is 37.9 Å². The highest BCUT2D eigenvalue weighted by Crippen LogP contribution is 2.36. The predicted octanol–water partition coefficient (Wildman–Crippen LogP) is 4.20. The molecular weight excluding hydrogens is 426 g/mol. The van der Waals surface area contributed by atoms with Crippen LogP contribution in [0.2, 0.25) is 0 Å². The summed E-state index contributed by atoms with van der Waals surface area (Å²) < 4.78 is 13.0. The number of hydrogen-bond acceptors (Lipinski definition) is 6. The van der Waals surface area contributed by atoms with Gasteiger partial charge in [-0.1, -0.05) is 42.5 Å². The molecule has 0 saturated carbocycles. The van der Waals surface area contributed by atoms with Gasteiger partial charge >= 0.3 is 0 Å². The molecule has 170 valence electrons. The van der Waals surface area contributed by atoms with Crippen molar-refractivity contribution in [1.82, 2.24) is 4.57 Å². The number of nitrogens with two attached hydrogens (primary N) is 1. The van der Waals surface area contributed by atoms with E-state index in [4.69, 9.17) is 15.2 Å². The SMILES string of the molecule is N#Cc1cc(N)c(N2CCN(c3ccc4c(c3)OCO4)CC2)n1Cc1cccc2ccccc12. The van der Waals surface area contributed by atoms with E-state index in [1.807, 2.05) is 18.2 Å². The first-order valence-electron chi connectivity index (χ1n) is 11.5. The largest absolute Gasteiger partial charge is 0.454 e. The molecule has 0 atom stereocenters. The van der Waals surface area contributed by atoms with Gasteiger partial charge in [-0.3, -0.25) is 0 Å². The van der Waals surface area contributed by atoms with Crippen molar-refractivity contribution in [1.29, 1.82) is 5.26 Å². The lowest BCUT2D eigenvalue weighted by atomic mass is 10.0. The Labute approximate surface area is 198 Å². The van der Waals surface area contributed by atoms with Crippen molar-refractivity contribution in [3.63, 3.8) is 0 Å². The van der Waals surface area contributed by atoms with Crippen LogP contribution in [0, 0.1) is 11.3 Å². The van der Waals surface area contributed by atoms with Gasteiger partial charge in [-0.05, 0) is 34.5 Å². The number of nitrogens with zero attached hydrogens (tertiary/aromatic N) is 4. The Kier molecular flexibility index (Phi) is 4.92. The van der Waals surface area contributed by atoms with Crippen LogP contribution in [0.25, 0.3) is 10.8 Å². The van der Waals surface area contributed by atoms with Crippen LogP contribution in [0.5, 0.6) is 11.5 Å². The number of nitriles is 1. The first-order valence-corrected chi connectivity index (χ1v) is 11.5. The summed E-state index contributed by atoms with van der Waals surface area (Å²) in [6, 6.07) is 24.9. The molecule has 0 amide bonds. The van der Waals surface area contributed by atoms with Crippen LogP contribution in [-0.2, 0) is 6.54 Å². The molecule has 0 spiro atoms. The van der Waals surface area contributed by atoms with Gasteiger partial charge in [0.2, 0.25) is 6.79 Å². The van der Waals surface area contributed by atoms with E-state index in [1.54, 1.807) is 6.07 Å². The Bertz CT molecular complexity index is 1410. The van der Waals surface area contributed by atoms with Crippen LogP contribution in [0.3, 0.4) is 0 Å². The van der Waals surface area contributed by atoms with Crippen molar-refractivity contribution < 1.29 is 9.47 Å². The summed E-state index contributed by atoms with van der Waals surface area (Å²) in [5.74, 6) is 2.52. The van der Waals surface area contributed by atoms with Gasteiger partial charge in [-0.15, -0.1) is 0 Å². The van der Waals surface area contributed by atoms with Gasteiger partial charge in [0.25, 0.3) is 0 Å². The molecule has 2 N–H and O–H groups in total. The smallest absolute Gasteiger partial charge is 0.231 e. The number of benzene rings is 3. The zero-order chi connectivity index (χ0) is 23.1. The van der Waals surface area contributed by atoms with E-state index in [0.29, 0.717) is 17.9 Å². The van der Waals surface area contributed by atoms with Crippen molar-refractivity contribution in [3.8, 4) is 17.6 Å². The van der Waals surface area contributed by atoms with Gasteiger partial charge < -0.3 is 29.6 Å². The Hall–Kier alpha value is -4.31. The average Bonchev–Trinajstić information content (AvgIpc) is 3.47. The minimum Gasteiger partial charge on any atom is -0.454 e. The molecule has 0 radical (unpaired) electrons. The molecule has 3 heterocycles. The highest BCUT2D eigenvalue weighted by molar-refractivity contribution is 5.85. The van der Waals surface area contributed by atoms with Gasteiger partial charge in [0.05, 0.1) is 12.2 Å². The third-order valence-corrected chi connectivity index (χ3v) is 6.72. The van der Waals surface area contributed by atoms with Crippen LogP contribution in [0.1, 0.15) is 11.3 Å². The Morgan fingerprint density at radius 2 is 1.62 bits per heavy atom.